The molecule has 0 radical (unpaired) electrons. The molecule has 2 N–H and O–H groups in total. The minimum Gasteiger partial charge on any atom is -0.397 e. The van der Waals surface area contributed by atoms with Gasteiger partial charge in [-0.15, -0.1) is 0 Å². The third-order valence-corrected chi connectivity index (χ3v) is 4.46. The van der Waals surface area contributed by atoms with E-state index in [-0.39, 0.29) is 0 Å². The van der Waals surface area contributed by atoms with Crippen molar-refractivity contribution in [3.05, 3.63) is 23.3 Å². The Bertz CT molecular complexity index is 548. The second-order valence-corrected chi connectivity index (χ2v) is 6.79. The van der Waals surface area contributed by atoms with Crippen LogP contribution in [0.2, 0.25) is 0 Å². The van der Waals surface area contributed by atoms with Crippen LogP contribution in [0.25, 0.3) is 0 Å². The van der Waals surface area contributed by atoms with Crippen LogP contribution in [0.4, 0.5) is 11.4 Å². The average Bonchev–Trinajstić information content (AvgIpc) is 2.99. The number of nitrogens with zero attached hydrogens (tertiary/aromatic N) is 1. The highest BCUT2D eigenvalue weighted by atomic mass is 32.2. The molecular weight excluding hydrogens is 236 g/mol. The zero-order valence-corrected chi connectivity index (χ0v) is 11.2. The molecule has 1 fully saturated rings. The van der Waals surface area contributed by atoms with Crippen molar-refractivity contribution in [3.8, 4) is 0 Å². The quantitative estimate of drug-likeness (QED) is 0.837. The number of nitrogens with two attached hydrogens (primary N) is 1. The SMILES string of the molecule is Cc1cc(N)c(N(C)S(C)(=O)=O)cc1C1CC1. The average molecular weight is 254 g/mol. The second kappa shape index (κ2) is 3.91. The van der Waals surface area contributed by atoms with Crippen molar-refractivity contribution in [2.45, 2.75) is 25.7 Å². The number of nitrogen functional groups attached to an aromatic ring is 1. The van der Waals surface area contributed by atoms with Crippen molar-refractivity contribution >= 4 is 21.4 Å². The number of rotatable bonds is 3. The van der Waals surface area contributed by atoms with E-state index in [4.69, 9.17) is 5.73 Å². The van der Waals surface area contributed by atoms with Gasteiger partial charge in [0.25, 0.3) is 0 Å². The molecule has 0 bridgehead atoms. The Morgan fingerprint density at radius 3 is 2.41 bits per heavy atom. The molecule has 0 spiro atoms. The fourth-order valence-corrected chi connectivity index (χ4v) is 2.54. The lowest BCUT2D eigenvalue weighted by Gasteiger charge is -2.20. The van der Waals surface area contributed by atoms with Crippen molar-refractivity contribution in [1.29, 1.82) is 0 Å². The Kier molecular flexibility index (Phi) is 2.81. The molecule has 1 saturated carbocycles. The number of sulfonamides is 1. The van der Waals surface area contributed by atoms with Gasteiger partial charge in [0, 0.05) is 7.05 Å². The van der Waals surface area contributed by atoms with Gasteiger partial charge >= 0.3 is 0 Å². The van der Waals surface area contributed by atoms with Gasteiger partial charge in [-0.25, -0.2) is 8.42 Å². The Balaban J connectivity index is 2.50. The smallest absolute Gasteiger partial charge is 0.232 e. The summed E-state index contributed by atoms with van der Waals surface area (Å²) in [6.07, 6.45) is 3.56. The maximum absolute atomic E-state index is 11.5. The summed E-state index contributed by atoms with van der Waals surface area (Å²) in [7, 11) is -1.73. The number of hydrogen-bond acceptors (Lipinski definition) is 3. The first-order chi connectivity index (χ1) is 7.80. The van der Waals surface area contributed by atoms with Crippen molar-refractivity contribution in [2.75, 3.05) is 23.3 Å². The van der Waals surface area contributed by atoms with Gasteiger partial charge in [-0.2, -0.15) is 0 Å². The summed E-state index contributed by atoms with van der Waals surface area (Å²) in [5.41, 5.74) is 9.37. The van der Waals surface area contributed by atoms with Gasteiger partial charge in [-0.05, 0) is 48.9 Å². The highest BCUT2D eigenvalue weighted by molar-refractivity contribution is 7.92. The monoisotopic (exact) mass is 254 g/mol. The molecule has 17 heavy (non-hydrogen) atoms. The second-order valence-electron chi connectivity index (χ2n) is 4.77. The van der Waals surface area contributed by atoms with Gasteiger partial charge in [-0.1, -0.05) is 0 Å². The maximum Gasteiger partial charge on any atom is 0.232 e. The van der Waals surface area contributed by atoms with E-state index in [1.54, 1.807) is 0 Å². The fraction of sp³-hybridized carbons (Fsp3) is 0.500. The highest BCUT2D eigenvalue weighted by Crippen LogP contribution is 2.44. The number of benzene rings is 1. The summed E-state index contributed by atoms with van der Waals surface area (Å²) < 4.78 is 24.3. The Morgan fingerprint density at radius 1 is 1.35 bits per heavy atom. The van der Waals surface area contributed by atoms with Crippen LogP contribution in [0.15, 0.2) is 12.1 Å². The fourth-order valence-electron chi connectivity index (χ4n) is 2.02. The number of anilines is 2. The van der Waals surface area contributed by atoms with Crippen molar-refractivity contribution in [2.24, 2.45) is 0 Å². The van der Waals surface area contributed by atoms with E-state index in [9.17, 15) is 8.42 Å². The van der Waals surface area contributed by atoms with Gasteiger partial charge in [0.15, 0.2) is 0 Å². The number of hydrogen-bond donors (Lipinski definition) is 1. The third kappa shape index (κ3) is 2.39. The first-order valence-corrected chi connectivity index (χ1v) is 7.49. The predicted molar refractivity (Wildman–Crippen MR) is 70.8 cm³/mol. The molecule has 0 aromatic heterocycles. The number of aryl methyl sites for hydroxylation is 1. The van der Waals surface area contributed by atoms with E-state index in [1.165, 1.54) is 36.0 Å². The lowest BCUT2D eigenvalue weighted by atomic mass is 10.0. The molecule has 5 heteroatoms. The van der Waals surface area contributed by atoms with Gasteiger partial charge in [0.1, 0.15) is 0 Å². The topological polar surface area (TPSA) is 63.4 Å². The summed E-state index contributed by atoms with van der Waals surface area (Å²) in [5.74, 6) is 0.585. The van der Waals surface area contributed by atoms with Gasteiger partial charge in [0.05, 0.1) is 17.6 Å². The molecule has 0 unspecified atom stereocenters. The minimum absolute atomic E-state index is 0.514. The van der Waals surface area contributed by atoms with Crippen LogP contribution in [-0.2, 0) is 10.0 Å². The standard InChI is InChI=1S/C12H18N2O2S/c1-8-6-11(13)12(14(2)17(3,15)16)7-10(8)9-4-5-9/h6-7,9H,4-5,13H2,1-3H3. The highest BCUT2D eigenvalue weighted by Gasteiger charge is 2.27. The zero-order chi connectivity index (χ0) is 12.8. The molecule has 0 heterocycles. The van der Waals surface area contributed by atoms with E-state index < -0.39 is 10.0 Å². The van der Waals surface area contributed by atoms with Crippen LogP contribution < -0.4 is 10.0 Å². The van der Waals surface area contributed by atoms with Crippen LogP contribution in [0.5, 0.6) is 0 Å². The molecule has 0 aliphatic heterocycles. The largest absolute Gasteiger partial charge is 0.397 e. The molecule has 0 atom stereocenters. The first kappa shape index (κ1) is 12.2. The summed E-state index contributed by atoms with van der Waals surface area (Å²) in [4.78, 5) is 0. The van der Waals surface area contributed by atoms with E-state index in [2.05, 4.69) is 0 Å². The van der Waals surface area contributed by atoms with E-state index in [0.717, 1.165) is 5.56 Å². The molecule has 94 valence electrons. The van der Waals surface area contributed by atoms with Crippen LogP contribution in [0.1, 0.15) is 29.9 Å². The maximum atomic E-state index is 11.5. The Morgan fingerprint density at radius 2 is 1.94 bits per heavy atom. The van der Waals surface area contributed by atoms with Crippen molar-refractivity contribution in [1.82, 2.24) is 0 Å². The first-order valence-electron chi connectivity index (χ1n) is 5.64. The predicted octanol–water partition coefficient (Wildman–Crippen LogP) is 1.85. The molecule has 4 nitrogen and oxygen atoms in total. The van der Waals surface area contributed by atoms with Crippen molar-refractivity contribution in [3.63, 3.8) is 0 Å². The van der Waals surface area contributed by atoms with Crippen LogP contribution in [-0.4, -0.2) is 21.7 Å². The molecule has 1 aliphatic carbocycles. The minimum atomic E-state index is -3.26. The molecule has 2 rings (SSSR count). The summed E-state index contributed by atoms with van der Waals surface area (Å²) in [5, 5.41) is 0. The van der Waals surface area contributed by atoms with Crippen LogP contribution in [0, 0.1) is 6.92 Å². The summed E-state index contributed by atoms with van der Waals surface area (Å²) in [6.45, 7) is 2.02. The molecule has 0 saturated heterocycles. The molecule has 1 aromatic rings. The molecule has 0 amide bonds. The lowest BCUT2D eigenvalue weighted by Crippen LogP contribution is -2.26. The van der Waals surface area contributed by atoms with Crippen LogP contribution in [0.3, 0.4) is 0 Å². The lowest BCUT2D eigenvalue weighted by molar-refractivity contribution is 0.600. The molecule has 1 aromatic carbocycles. The Hall–Kier alpha value is -1.23. The van der Waals surface area contributed by atoms with Crippen LogP contribution >= 0.6 is 0 Å². The van der Waals surface area contributed by atoms with Gasteiger partial charge in [0.2, 0.25) is 10.0 Å². The van der Waals surface area contributed by atoms with E-state index >= 15 is 0 Å². The summed E-state index contributed by atoms with van der Waals surface area (Å²) in [6, 6.07) is 3.79. The third-order valence-electron chi connectivity index (χ3n) is 3.27. The zero-order valence-electron chi connectivity index (χ0n) is 10.4. The van der Waals surface area contributed by atoms with Gasteiger partial charge in [-0.3, -0.25) is 4.31 Å². The Labute approximate surface area is 102 Å². The van der Waals surface area contributed by atoms with Gasteiger partial charge < -0.3 is 5.73 Å². The molecular formula is C12H18N2O2S. The summed E-state index contributed by atoms with van der Waals surface area (Å²) >= 11 is 0. The molecule has 1 aliphatic rings. The van der Waals surface area contributed by atoms with E-state index in [0.29, 0.717) is 17.3 Å². The van der Waals surface area contributed by atoms with Crippen molar-refractivity contribution < 1.29 is 8.42 Å². The normalized spacial score (nSPS) is 15.9. The van der Waals surface area contributed by atoms with E-state index in [1.807, 2.05) is 19.1 Å².